The molecule has 0 radical (unpaired) electrons. The zero-order valence-corrected chi connectivity index (χ0v) is 37.8. The lowest BCUT2D eigenvalue weighted by Crippen LogP contribution is -2.52. The molecule has 18 heteroatoms. The van der Waals surface area contributed by atoms with Crippen molar-refractivity contribution in [2.75, 3.05) is 48.0 Å². The number of aromatic nitrogens is 4. The van der Waals surface area contributed by atoms with Crippen LogP contribution < -0.4 is 5.32 Å². The summed E-state index contributed by atoms with van der Waals surface area (Å²) in [5.74, 6) is 0.0348. The molecule has 2 aromatic heterocycles. The molecule has 2 saturated heterocycles. The Morgan fingerprint density at radius 2 is 1.04 bits per heavy atom. The lowest BCUT2D eigenvalue weighted by molar-refractivity contribution is -0.141. The van der Waals surface area contributed by atoms with Gasteiger partial charge in [0.2, 0.25) is 0 Å². The summed E-state index contributed by atoms with van der Waals surface area (Å²) < 4.78 is 26.4. The summed E-state index contributed by atoms with van der Waals surface area (Å²) in [5, 5.41) is 2.68. The van der Waals surface area contributed by atoms with Gasteiger partial charge in [0.1, 0.15) is 42.2 Å². The molecule has 0 unspecified atom stereocenters. The Bertz CT molecular complexity index is 3020. The van der Waals surface area contributed by atoms with Crippen molar-refractivity contribution < 1.29 is 47.7 Å². The number of methoxy groups -OCH3 is 3. The van der Waals surface area contributed by atoms with E-state index in [-0.39, 0.29) is 32.6 Å². The van der Waals surface area contributed by atoms with Gasteiger partial charge in [-0.25, -0.2) is 24.4 Å². The lowest BCUT2D eigenvalue weighted by atomic mass is 9.98. The minimum absolute atomic E-state index is 0.00657. The Hall–Kier alpha value is -8.09. The van der Waals surface area contributed by atoms with Crippen LogP contribution in [-0.2, 0) is 44.4 Å². The minimum atomic E-state index is -1.42. The van der Waals surface area contributed by atoms with E-state index in [0.717, 1.165) is 47.5 Å². The van der Waals surface area contributed by atoms with Crippen molar-refractivity contribution in [3.05, 3.63) is 144 Å². The highest BCUT2D eigenvalue weighted by Crippen LogP contribution is 2.39. The van der Waals surface area contributed by atoms with Crippen LogP contribution in [0.1, 0.15) is 48.7 Å². The number of fused-ring (bicyclic) bond motifs is 2. The van der Waals surface area contributed by atoms with Crippen LogP contribution in [0.25, 0.3) is 44.3 Å². The second kappa shape index (κ2) is 18.3. The van der Waals surface area contributed by atoms with E-state index in [4.69, 9.17) is 33.7 Å². The molecule has 2 fully saturated rings. The number of nitrogens with zero attached hydrogens (tertiary/aromatic N) is 5. The number of aromatic amines is 2. The van der Waals surface area contributed by atoms with Gasteiger partial charge in [-0.05, 0) is 71.5 Å². The number of amides is 5. The maximum absolute atomic E-state index is 14.6. The van der Waals surface area contributed by atoms with E-state index in [0.29, 0.717) is 38.7 Å². The zero-order valence-electron chi connectivity index (χ0n) is 37.8. The van der Waals surface area contributed by atoms with Crippen molar-refractivity contribution >= 4 is 52.2 Å². The van der Waals surface area contributed by atoms with Crippen LogP contribution in [0.5, 0.6) is 0 Å². The Kier molecular flexibility index (Phi) is 12.1. The van der Waals surface area contributed by atoms with Gasteiger partial charge in [0.25, 0.3) is 11.8 Å². The Labute approximate surface area is 390 Å². The summed E-state index contributed by atoms with van der Waals surface area (Å²) in [4.78, 5) is 87.4. The van der Waals surface area contributed by atoms with Crippen LogP contribution in [0.3, 0.4) is 0 Å². The topological polar surface area (TPSA) is 211 Å². The number of benzene rings is 5. The first-order valence-corrected chi connectivity index (χ1v) is 21.7. The number of imide groups is 1. The molecule has 3 N–H and O–H groups in total. The number of nitrogens with one attached hydrogen (secondary N) is 3. The number of H-pyrrole nitrogens is 2. The third kappa shape index (κ3) is 8.13. The van der Waals surface area contributed by atoms with Crippen LogP contribution in [0.4, 0.5) is 14.4 Å². The molecule has 4 heterocycles. The predicted molar refractivity (Wildman–Crippen MR) is 247 cm³/mol. The van der Waals surface area contributed by atoms with Crippen LogP contribution >= 0.6 is 0 Å². The zero-order chi connectivity index (χ0) is 47.7. The molecule has 0 bridgehead atoms. The molecule has 0 aliphatic carbocycles. The lowest BCUT2D eigenvalue weighted by Gasteiger charge is -2.36. The number of rotatable bonds is 10. The van der Waals surface area contributed by atoms with Gasteiger partial charge in [-0.15, -0.1) is 0 Å². The average Bonchev–Trinajstić information content (AvgIpc) is 4.19. The molecule has 348 valence electrons. The van der Waals surface area contributed by atoms with Gasteiger partial charge in [-0.1, -0.05) is 97.1 Å². The molecule has 5 amide bonds. The van der Waals surface area contributed by atoms with Gasteiger partial charge in [0.15, 0.2) is 6.04 Å². The number of carbonyl (C=O) groups is 5. The summed E-state index contributed by atoms with van der Waals surface area (Å²) in [5.41, 5.74) is 5.56. The molecule has 0 saturated carbocycles. The first-order valence-electron chi connectivity index (χ1n) is 21.7. The number of imidazole rings is 2. The van der Waals surface area contributed by atoms with E-state index >= 15 is 0 Å². The second-order valence-corrected chi connectivity index (χ2v) is 16.9. The van der Waals surface area contributed by atoms with E-state index in [2.05, 4.69) is 15.3 Å². The Morgan fingerprint density at radius 3 is 1.50 bits per heavy atom. The Balaban J connectivity index is 0.947. The van der Waals surface area contributed by atoms with Crippen molar-refractivity contribution in [3.63, 3.8) is 0 Å². The Morgan fingerprint density at radius 1 is 0.603 bits per heavy atom. The van der Waals surface area contributed by atoms with Crippen molar-refractivity contribution in [2.45, 2.75) is 37.0 Å². The number of hydrogen-bond acceptors (Lipinski definition) is 12. The van der Waals surface area contributed by atoms with Crippen LogP contribution in [0.15, 0.2) is 121 Å². The monoisotopic (exact) mass is 920 g/mol. The highest BCUT2D eigenvalue weighted by molar-refractivity contribution is 5.96. The summed E-state index contributed by atoms with van der Waals surface area (Å²) in [6.45, 7) is 3.86. The number of alkyl carbamates (subject to hydrolysis) is 1. The third-order valence-corrected chi connectivity index (χ3v) is 12.6. The van der Waals surface area contributed by atoms with E-state index < -0.39 is 47.3 Å². The first-order chi connectivity index (χ1) is 32.9. The third-order valence-electron chi connectivity index (χ3n) is 12.6. The maximum atomic E-state index is 14.6. The molecule has 2 aliphatic rings. The van der Waals surface area contributed by atoms with Crippen LogP contribution in [0.2, 0.25) is 0 Å². The quantitative estimate of drug-likeness (QED) is 0.114. The summed E-state index contributed by atoms with van der Waals surface area (Å²) in [7, 11) is 3.49. The molecule has 5 aromatic carbocycles. The van der Waals surface area contributed by atoms with Gasteiger partial charge < -0.3 is 48.8 Å². The van der Waals surface area contributed by atoms with Crippen molar-refractivity contribution in [1.82, 2.24) is 40.0 Å². The van der Waals surface area contributed by atoms with E-state index in [9.17, 15) is 24.0 Å². The van der Waals surface area contributed by atoms with E-state index in [1.165, 1.54) is 12.0 Å². The fraction of sp³-hybridized carbons (Fsp3) is 0.260. The average molecular weight is 921 g/mol. The molecular formula is C50H48N8O10. The molecule has 2 aliphatic heterocycles. The summed E-state index contributed by atoms with van der Waals surface area (Å²) in [6, 6.07) is 34.9. The molecule has 9 rings (SSSR count). The van der Waals surface area contributed by atoms with Crippen LogP contribution in [0, 0.1) is 0 Å². The predicted octanol–water partition coefficient (Wildman–Crippen LogP) is 7.51. The molecule has 0 spiro atoms. The van der Waals surface area contributed by atoms with Gasteiger partial charge in [0, 0.05) is 0 Å². The van der Waals surface area contributed by atoms with Gasteiger partial charge in [0.05, 0.1) is 56.6 Å². The number of hydrogen-bond donors (Lipinski definition) is 3. The molecule has 4 atom stereocenters. The standard InChI is InChI=1S/C50H48N8O10/c1-49(26-67-28-56(49)42(59)40(55-46(61)64-3)32-12-8-6-9-13-32)44-51-36-22-20-34(24-38(36)53-44)30-16-18-31(19-17-30)35-21-23-37-39(25-35)54-45(52-37)50(2)27-68-29-57(50)43(60)41(33-14-10-7-11-15-33)58(47(62)65-4)48(63)66-5/h6-25,40-41H,26-29H2,1-5H3,(H,51,53)(H,52,54)(H,55,61)/t40-,41-,49-,50-/m1/s1. The summed E-state index contributed by atoms with van der Waals surface area (Å²) in [6.07, 6.45) is -2.85. The van der Waals surface area contributed by atoms with E-state index in [1.807, 2.05) is 80.6 Å². The maximum Gasteiger partial charge on any atom is 0.420 e. The van der Waals surface area contributed by atoms with Gasteiger partial charge in [-0.2, -0.15) is 4.90 Å². The highest BCUT2D eigenvalue weighted by atomic mass is 16.6. The van der Waals surface area contributed by atoms with Crippen molar-refractivity contribution in [3.8, 4) is 22.3 Å². The largest absolute Gasteiger partial charge is 0.453 e. The van der Waals surface area contributed by atoms with E-state index in [1.54, 1.807) is 59.5 Å². The second-order valence-electron chi connectivity index (χ2n) is 16.9. The molecule has 68 heavy (non-hydrogen) atoms. The molecular weight excluding hydrogens is 873 g/mol. The minimum Gasteiger partial charge on any atom is -0.453 e. The number of carbonyl (C=O) groups excluding carboxylic acids is 5. The van der Waals surface area contributed by atoms with Crippen LogP contribution in [-0.4, -0.2) is 113 Å². The fourth-order valence-electron chi connectivity index (χ4n) is 8.79. The highest BCUT2D eigenvalue weighted by Gasteiger charge is 2.50. The summed E-state index contributed by atoms with van der Waals surface area (Å²) >= 11 is 0. The molecule has 18 nitrogen and oxygen atoms in total. The number of ether oxygens (including phenoxy) is 5. The van der Waals surface area contributed by atoms with Crippen molar-refractivity contribution in [1.29, 1.82) is 0 Å². The van der Waals surface area contributed by atoms with Gasteiger partial charge in [-0.3, -0.25) is 9.59 Å². The first kappa shape index (κ1) is 45.1. The fourth-order valence-corrected chi connectivity index (χ4v) is 8.79. The van der Waals surface area contributed by atoms with Gasteiger partial charge >= 0.3 is 18.3 Å². The normalized spacial score (nSPS) is 18.8. The SMILES string of the molecule is COC(=O)N[C@@H](C(=O)N1COC[C@]1(C)c1nc2ccc(-c3ccc(-c4ccc5nc([C@@]6(C)COCN6C(=O)[C@@H](c6ccccc6)N(C(=O)OC)C(=O)OC)[nH]c5c4)cc3)cc2[nH]1)c1ccccc1. The van der Waals surface area contributed by atoms with Crippen molar-refractivity contribution in [2.24, 2.45) is 0 Å². The molecule has 7 aromatic rings. The smallest absolute Gasteiger partial charge is 0.420 e.